The molecule has 5 nitrogen and oxygen atoms in total. The van der Waals surface area contributed by atoms with E-state index in [1.54, 1.807) is 0 Å². The highest BCUT2D eigenvalue weighted by atomic mass is 16.4. The van der Waals surface area contributed by atoms with Crippen LogP contribution in [0, 0.1) is 5.92 Å². The van der Waals surface area contributed by atoms with Crippen LogP contribution in [0.15, 0.2) is 6.33 Å². The Balaban J connectivity index is 1.69. The maximum atomic E-state index is 11.0. The normalized spacial score (nSPS) is 29.9. The second kappa shape index (κ2) is 5.20. The van der Waals surface area contributed by atoms with Crippen LogP contribution in [0.25, 0.3) is 0 Å². The van der Waals surface area contributed by atoms with Gasteiger partial charge in [-0.05, 0) is 51.4 Å². The number of rotatable bonds is 3. The summed E-state index contributed by atoms with van der Waals surface area (Å²) in [4.78, 5) is 15.4. The summed E-state index contributed by atoms with van der Waals surface area (Å²) in [5.41, 5.74) is 1.68. The van der Waals surface area contributed by atoms with Gasteiger partial charge < -0.3 is 14.8 Å². The Morgan fingerprint density at radius 2 is 2.05 bits per heavy atom. The summed E-state index contributed by atoms with van der Waals surface area (Å²) >= 11 is 0. The zero-order chi connectivity index (χ0) is 14.2. The molecule has 0 aliphatic heterocycles. The molecule has 1 saturated carbocycles. The van der Waals surface area contributed by atoms with E-state index in [4.69, 9.17) is 5.11 Å². The molecule has 0 saturated heterocycles. The molecule has 1 aromatic heterocycles. The van der Waals surface area contributed by atoms with Gasteiger partial charge in [0.2, 0.25) is 0 Å². The zero-order valence-electron chi connectivity index (χ0n) is 11.7. The van der Waals surface area contributed by atoms with Crippen LogP contribution in [-0.2, 0) is 24.2 Å². The predicted octanol–water partition coefficient (Wildman–Crippen LogP) is 1.77. The summed E-state index contributed by atoms with van der Waals surface area (Å²) in [6.07, 6.45) is 8.61. The van der Waals surface area contributed by atoms with Crippen LogP contribution in [0.4, 0.5) is 0 Å². The third-order valence-electron chi connectivity index (χ3n) is 4.84. The Labute approximate surface area is 118 Å². The van der Waals surface area contributed by atoms with Crippen LogP contribution in [0.1, 0.15) is 49.9 Å². The number of aryl methyl sites for hydroxylation is 1. The number of fused-ring (bicyclic) bond motifs is 1. The molecular formula is C15H22N2O3. The first-order valence-corrected chi connectivity index (χ1v) is 7.55. The molecule has 3 rings (SSSR count). The Morgan fingerprint density at radius 1 is 1.35 bits per heavy atom. The van der Waals surface area contributed by atoms with Crippen LogP contribution in [0.2, 0.25) is 0 Å². The number of carboxylic acids is 1. The lowest BCUT2D eigenvalue weighted by molar-refractivity contribution is -0.145. The first kappa shape index (κ1) is 13.6. The molecule has 2 aliphatic carbocycles. The molecule has 5 heteroatoms. The lowest BCUT2D eigenvalue weighted by atomic mass is 9.78. The Morgan fingerprint density at radius 3 is 2.75 bits per heavy atom. The topological polar surface area (TPSA) is 75.3 Å². The molecule has 0 atom stereocenters. The van der Waals surface area contributed by atoms with Crippen LogP contribution in [0.5, 0.6) is 0 Å². The highest BCUT2D eigenvalue weighted by Crippen LogP contribution is 2.34. The molecule has 20 heavy (non-hydrogen) atoms. The fraction of sp³-hybridized carbons (Fsp3) is 0.733. The molecular weight excluding hydrogens is 256 g/mol. The van der Waals surface area contributed by atoms with Crippen molar-refractivity contribution >= 4 is 5.97 Å². The average molecular weight is 278 g/mol. The van der Waals surface area contributed by atoms with E-state index in [2.05, 4.69) is 9.55 Å². The molecule has 0 unspecified atom stereocenters. The number of aliphatic carboxylic acids is 1. The van der Waals surface area contributed by atoms with Crippen molar-refractivity contribution in [2.75, 3.05) is 0 Å². The van der Waals surface area contributed by atoms with E-state index in [-0.39, 0.29) is 5.92 Å². The molecule has 2 aliphatic rings. The van der Waals surface area contributed by atoms with Gasteiger partial charge in [0.05, 0.1) is 30.1 Å². The summed E-state index contributed by atoms with van der Waals surface area (Å²) in [6, 6.07) is 0. The fourth-order valence-corrected chi connectivity index (χ4v) is 3.54. The molecule has 0 aromatic carbocycles. The number of nitrogens with zero attached hydrogens (tertiary/aromatic N) is 2. The summed E-state index contributed by atoms with van der Waals surface area (Å²) in [7, 11) is 0. The van der Waals surface area contributed by atoms with Crippen LogP contribution >= 0.6 is 0 Å². The van der Waals surface area contributed by atoms with Gasteiger partial charge in [0.1, 0.15) is 0 Å². The van der Waals surface area contributed by atoms with Crippen molar-refractivity contribution in [3.63, 3.8) is 0 Å². The lowest BCUT2D eigenvalue weighted by Crippen LogP contribution is -2.40. The van der Waals surface area contributed by atoms with Crippen molar-refractivity contribution in [3.05, 3.63) is 17.7 Å². The third-order valence-corrected chi connectivity index (χ3v) is 4.84. The van der Waals surface area contributed by atoms with E-state index in [0.29, 0.717) is 32.2 Å². The monoisotopic (exact) mass is 278 g/mol. The van der Waals surface area contributed by atoms with Crippen LogP contribution in [0.3, 0.4) is 0 Å². The summed E-state index contributed by atoms with van der Waals surface area (Å²) in [6.45, 7) is 0.557. The minimum absolute atomic E-state index is 0.285. The maximum Gasteiger partial charge on any atom is 0.306 e. The van der Waals surface area contributed by atoms with Crippen LogP contribution < -0.4 is 0 Å². The highest BCUT2D eigenvalue weighted by molar-refractivity contribution is 5.70. The first-order chi connectivity index (χ1) is 9.57. The number of aromatic nitrogens is 2. The Kier molecular flexibility index (Phi) is 3.54. The minimum Gasteiger partial charge on any atom is -0.481 e. The molecule has 2 N–H and O–H groups in total. The van der Waals surface area contributed by atoms with Gasteiger partial charge in [-0.25, -0.2) is 4.98 Å². The largest absolute Gasteiger partial charge is 0.481 e. The van der Waals surface area contributed by atoms with E-state index < -0.39 is 11.6 Å². The SMILES string of the molecule is O=C(O)C1CCC(O)(Cn2cnc3c2CCCC3)CC1. The quantitative estimate of drug-likeness (QED) is 0.883. The van der Waals surface area contributed by atoms with Gasteiger partial charge in [-0.2, -0.15) is 0 Å². The Hall–Kier alpha value is -1.36. The average Bonchev–Trinajstić information content (AvgIpc) is 2.82. The van der Waals surface area contributed by atoms with E-state index in [0.717, 1.165) is 12.8 Å². The van der Waals surface area contributed by atoms with Gasteiger partial charge in [0.25, 0.3) is 0 Å². The molecule has 0 spiro atoms. The van der Waals surface area contributed by atoms with Crippen molar-refractivity contribution in [1.29, 1.82) is 0 Å². The van der Waals surface area contributed by atoms with Gasteiger partial charge in [-0.15, -0.1) is 0 Å². The molecule has 0 radical (unpaired) electrons. The molecule has 0 amide bonds. The summed E-state index contributed by atoms with van der Waals surface area (Å²) < 4.78 is 2.09. The second-order valence-corrected chi connectivity index (χ2v) is 6.31. The molecule has 1 aromatic rings. The van der Waals surface area contributed by atoms with Crippen molar-refractivity contribution in [2.24, 2.45) is 5.92 Å². The van der Waals surface area contributed by atoms with E-state index in [9.17, 15) is 9.90 Å². The smallest absolute Gasteiger partial charge is 0.306 e. The standard InChI is InChI=1S/C15H22N2O3/c18-14(19)11-5-7-15(20,8-6-11)9-17-10-16-12-3-1-2-4-13(12)17/h10-11,20H,1-9H2,(H,18,19). The minimum atomic E-state index is -0.766. The molecule has 1 heterocycles. The second-order valence-electron chi connectivity index (χ2n) is 6.31. The lowest BCUT2D eigenvalue weighted by Gasteiger charge is -2.35. The Bertz CT molecular complexity index is 501. The maximum absolute atomic E-state index is 11.0. The number of aliphatic hydroxyl groups is 1. The van der Waals surface area contributed by atoms with Gasteiger partial charge in [0.15, 0.2) is 0 Å². The highest BCUT2D eigenvalue weighted by Gasteiger charge is 2.36. The number of carbonyl (C=O) groups is 1. The fourth-order valence-electron chi connectivity index (χ4n) is 3.54. The number of carboxylic acid groups (broad SMARTS) is 1. The third kappa shape index (κ3) is 2.59. The van der Waals surface area contributed by atoms with Crippen molar-refractivity contribution in [2.45, 2.75) is 63.5 Å². The van der Waals surface area contributed by atoms with E-state index >= 15 is 0 Å². The summed E-state index contributed by atoms with van der Waals surface area (Å²) in [5.74, 6) is -1.01. The van der Waals surface area contributed by atoms with E-state index in [1.165, 1.54) is 24.2 Å². The van der Waals surface area contributed by atoms with Crippen molar-refractivity contribution in [3.8, 4) is 0 Å². The van der Waals surface area contributed by atoms with Crippen LogP contribution in [-0.4, -0.2) is 31.3 Å². The molecule has 0 bridgehead atoms. The first-order valence-electron chi connectivity index (χ1n) is 7.55. The van der Waals surface area contributed by atoms with Crippen molar-refractivity contribution in [1.82, 2.24) is 9.55 Å². The summed E-state index contributed by atoms with van der Waals surface area (Å²) in [5, 5.41) is 19.7. The predicted molar refractivity (Wildman–Crippen MR) is 73.4 cm³/mol. The van der Waals surface area contributed by atoms with E-state index in [1.807, 2.05) is 6.33 Å². The number of hydrogen-bond acceptors (Lipinski definition) is 3. The number of hydrogen-bond donors (Lipinski definition) is 2. The van der Waals surface area contributed by atoms with Gasteiger partial charge >= 0.3 is 5.97 Å². The van der Waals surface area contributed by atoms with Gasteiger partial charge in [-0.1, -0.05) is 0 Å². The zero-order valence-corrected chi connectivity index (χ0v) is 11.7. The molecule has 110 valence electrons. The van der Waals surface area contributed by atoms with Gasteiger partial charge in [0, 0.05) is 5.69 Å². The molecule has 1 fully saturated rings. The number of imidazole rings is 1. The van der Waals surface area contributed by atoms with Crippen molar-refractivity contribution < 1.29 is 15.0 Å². The van der Waals surface area contributed by atoms with Gasteiger partial charge in [-0.3, -0.25) is 4.79 Å².